The normalized spacial score (nSPS) is 10.6. The zero-order chi connectivity index (χ0) is 12.1. The molecule has 0 aliphatic carbocycles. The van der Waals surface area contributed by atoms with Crippen molar-refractivity contribution in [3.05, 3.63) is 77.1 Å². The van der Waals surface area contributed by atoms with Gasteiger partial charge < -0.3 is 10.1 Å². The second-order valence-corrected chi connectivity index (χ2v) is 3.80. The zero-order valence-electron chi connectivity index (χ0n) is 11.6. The van der Waals surface area contributed by atoms with E-state index in [1.165, 1.54) is 0 Å². The Labute approximate surface area is 138 Å². The van der Waals surface area contributed by atoms with Gasteiger partial charge in [0.15, 0.2) is 0 Å². The molecule has 0 unspecified atom stereocenters. The molecule has 2 aromatic rings. The maximum atomic E-state index is 11.8. The summed E-state index contributed by atoms with van der Waals surface area (Å²) in [4.78, 5) is 11.8. The predicted molar refractivity (Wildman–Crippen MR) is 67.8 cm³/mol. The Kier molecular flexibility index (Phi) is 8.65. The van der Waals surface area contributed by atoms with E-state index in [9.17, 15) is 4.79 Å². The Hall–Kier alpha value is -0.895. The summed E-state index contributed by atoms with van der Waals surface area (Å²) in [6.07, 6.45) is 0. The van der Waals surface area contributed by atoms with E-state index in [4.69, 9.17) is 0 Å². The molecule has 2 rings (SSSR count). The summed E-state index contributed by atoms with van der Waals surface area (Å²) >= 11 is 0. The first kappa shape index (κ1) is 18.1. The van der Waals surface area contributed by atoms with Crippen LogP contribution in [-0.2, 0) is 0 Å². The van der Waals surface area contributed by atoms with Crippen molar-refractivity contribution in [3.8, 4) is 0 Å². The van der Waals surface area contributed by atoms with Crippen molar-refractivity contribution >= 4 is 5.91 Å². The Morgan fingerprint density at radius 2 is 1.68 bits per heavy atom. The predicted octanol–water partition coefficient (Wildman–Crippen LogP) is -2.23. The fourth-order valence-electron chi connectivity index (χ4n) is 1.58. The van der Waals surface area contributed by atoms with Gasteiger partial charge in [-0.05, 0) is 5.91 Å². The SMILES string of the molecule is C[C@H]([N-]C(=O)c1[c-]cccc1)c1ccccc1.[Li+].[Li+]. The van der Waals surface area contributed by atoms with Crippen LogP contribution in [-0.4, -0.2) is 5.91 Å². The van der Waals surface area contributed by atoms with Gasteiger partial charge in [-0.15, -0.1) is 35.9 Å². The van der Waals surface area contributed by atoms with Crippen LogP contribution in [0.3, 0.4) is 0 Å². The van der Waals surface area contributed by atoms with E-state index in [0.29, 0.717) is 5.56 Å². The third-order valence-corrected chi connectivity index (χ3v) is 2.53. The van der Waals surface area contributed by atoms with Gasteiger partial charge in [0, 0.05) is 0 Å². The van der Waals surface area contributed by atoms with E-state index < -0.39 is 0 Å². The van der Waals surface area contributed by atoms with Gasteiger partial charge in [-0.1, -0.05) is 48.9 Å². The van der Waals surface area contributed by atoms with Crippen LogP contribution >= 0.6 is 0 Å². The molecule has 0 heterocycles. The molecule has 0 radical (unpaired) electrons. The largest absolute Gasteiger partial charge is 1.00 e. The Balaban J connectivity index is 0.00000162. The molecule has 1 atom stereocenters. The number of benzene rings is 2. The average Bonchev–Trinajstić information content (AvgIpc) is 2.40. The summed E-state index contributed by atoms with van der Waals surface area (Å²) in [5.74, 6) is -0.220. The van der Waals surface area contributed by atoms with Gasteiger partial charge in [-0.25, -0.2) is 0 Å². The van der Waals surface area contributed by atoms with Crippen molar-refractivity contribution in [2.24, 2.45) is 0 Å². The molecule has 0 aliphatic heterocycles. The van der Waals surface area contributed by atoms with Crippen LogP contribution in [0.5, 0.6) is 0 Å². The van der Waals surface area contributed by atoms with Gasteiger partial charge in [0.1, 0.15) is 0 Å². The average molecular weight is 237 g/mol. The molecule has 86 valence electrons. The van der Waals surface area contributed by atoms with Gasteiger partial charge in [0.2, 0.25) is 0 Å². The molecule has 0 saturated heterocycles. The first-order valence-corrected chi connectivity index (χ1v) is 5.54. The Morgan fingerprint density at radius 1 is 1.05 bits per heavy atom. The van der Waals surface area contributed by atoms with Crippen LogP contribution < -0.4 is 37.7 Å². The molecular weight excluding hydrogens is 224 g/mol. The van der Waals surface area contributed by atoms with E-state index in [-0.39, 0.29) is 49.7 Å². The summed E-state index contributed by atoms with van der Waals surface area (Å²) < 4.78 is 0. The van der Waals surface area contributed by atoms with Gasteiger partial charge in [-0.2, -0.15) is 0 Å². The van der Waals surface area contributed by atoms with Crippen LogP contribution in [0.2, 0.25) is 0 Å². The molecular formula is C15H13Li2NO. The summed E-state index contributed by atoms with van der Waals surface area (Å²) in [5.41, 5.74) is 1.55. The van der Waals surface area contributed by atoms with Crippen LogP contribution in [0.1, 0.15) is 28.9 Å². The number of hydrogen-bond acceptors (Lipinski definition) is 1. The third kappa shape index (κ3) is 5.31. The van der Waals surface area contributed by atoms with Gasteiger partial charge in [-0.3, -0.25) is 0 Å². The van der Waals surface area contributed by atoms with Crippen molar-refractivity contribution in [2.75, 3.05) is 0 Å². The summed E-state index contributed by atoms with van der Waals surface area (Å²) in [7, 11) is 0. The Morgan fingerprint density at radius 3 is 2.26 bits per heavy atom. The van der Waals surface area contributed by atoms with Crippen LogP contribution in [0.15, 0.2) is 54.6 Å². The van der Waals surface area contributed by atoms with E-state index in [1.807, 2.05) is 49.4 Å². The molecule has 0 saturated carbocycles. The van der Waals surface area contributed by atoms with Crippen molar-refractivity contribution in [3.63, 3.8) is 0 Å². The molecule has 0 spiro atoms. The minimum absolute atomic E-state index is 0. The molecule has 1 amide bonds. The van der Waals surface area contributed by atoms with Crippen molar-refractivity contribution in [1.82, 2.24) is 0 Å². The molecule has 0 bridgehead atoms. The van der Waals surface area contributed by atoms with Crippen LogP contribution in [0.25, 0.3) is 5.32 Å². The smallest absolute Gasteiger partial charge is 0.688 e. The summed E-state index contributed by atoms with van der Waals surface area (Å²) in [6.45, 7) is 1.91. The molecule has 0 aromatic heterocycles. The van der Waals surface area contributed by atoms with E-state index in [2.05, 4.69) is 11.4 Å². The van der Waals surface area contributed by atoms with Crippen LogP contribution in [0.4, 0.5) is 0 Å². The molecule has 19 heavy (non-hydrogen) atoms. The number of amides is 1. The standard InChI is InChI=1S/C15H14NO.2Li/c1-12(13-8-4-2-5-9-13)16-15(17)14-10-6-3-7-11-14;;/h2-10,12H,1H3,(H,16,17);;/q-1;2*+1/p-1/t12-;;/m0../s1. The van der Waals surface area contributed by atoms with E-state index in [1.54, 1.807) is 12.1 Å². The number of rotatable bonds is 3. The van der Waals surface area contributed by atoms with Crippen molar-refractivity contribution in [2.45, 2.75) is 13.0 Å². The zero-order valence-corrected chi connectivity index (χ0v) is 11.6. The Bertz CT molecular complexity index is 488. The van der Waals surface area contributed by atoms with E-state index >= 15 is 0 Å². The maximum Gasteiger partial charge on any atom is 1.00 e. The first-order valence-electron chi connectivity index (χ1n) is 5.54. The first-order chi connectivity index (χ1) is 8.27. The second kappa shape index (κ2) is 9.08. The number of carbonyl (C=O) groups is 1. The number of nitrogens with zero attached hydrogens (tertiary/aromatic N) is 1. The molecule has 4 heteroatoms. The van der Waals surface area contributed by atoms with Gasteiger partial charge in [0.05, 0.1) is 0 Å². The topological polar surface area (TPSA) is 31.2 Å². The van der Waals surface area contributed by atoms with Crippen molar-refractivity contribution < 1.29 is 42.5 Å². The summed E-state index contributed by atoms with van der Waals surface area (Å²) in [6, 6.07) is 19.6. The molecule has 2 nitrogen and oxygen atoms in total. The minimum Gasteiger partial charge on any atom is -0.688 e. The fraction of sp³-hybridized carbons (Fsp3) is 0.133. The summed E-state index contributed by atoms with van der Waals surface area (Å²) in [5, 5.41) is 4.15. The van der Waals surface area contributed by atoms with E-state index in [0.717, 1.165) is 5.56 Å². The second-order valence-electron chi connectivity index (χ2n) is 3.80. The third-order valence-electron chi connectivity index (χ3n) is 2.53. The van der Waals surface area contributed by atoms with Gasteiger partial charge in [0.25, 0.3) is 0 Å². The molecule has 0 N–H and O–H groups in total. The molecule has 0 fully saturated rings. The molecule has 2 aromatic carbocycles. The van der Waals surface area contributed by atoms with Gasteiger partial charge >= 0.3 is 37.7 Å². The van der Waals surface area contributed by atoms with Crippen LogP contribution in [0, 0.1) is 6.07 Å². The fourth-order valence-corrected chi connectivity index (χ4v) is 1.58. The monoisotopic (exact) mass is 237 g/mol. The van der Waals surface area contributed by atoms with Crippen molar-refractivity contribution in [1.29, 1.82) is 0 Å². The quantitative estimate of drug-likeness (QED) is 0.439. The minimum atomic E-state index is -0.220. The number of carbonyl (C=O) groups excluding carboxylic acids is 1. The number of hydrogen-bond donors (Lipinski definition) is 0. The maximum absolute atomic E-state index is 11.8. The molecule has 0 aliphatic rings.